The number of carbonyl (C=O) groups excluding carboxylic acids is 1. The highest BCUT2D eigenvalue weighted by atomic mass is 16.1. The molecule has 0 radical (unpaired) electrons. The maximum Gasteiger partial charge on any atom is 0.221 e. The minimum Gasteiger partial charge on any atom is -0.359 e. The Hall–Kier alpha value is -1.81. The van der Waals surface area contributed by atoms with Crippen LogP contribution < -0.4 is 10.6 Å². The molecular formula is C17H25N3O. The van der Waals surface area contributed by atoms with Crippen LogP contribution in [0.15, 0.2) is 30.5 Å². The predicted octanol–water partition coefficient (Wildman–Crippen LogP) is 2.67. The van der Waals surface area contributed by atoms with Crippen molar-refractivity contribution in [1.82, 2.24) is 15.2 Å². The summed E-state index contributed by atoms with van der Waals surface area (Å²) in [6.07, 6.45) is 2.57. The first-order chi connectivity index (χ1) is 9.90. The molecule has 4 nitrogen and oxygen atoms in total. The fourth-order valence-electron chi connectivity index (χ4n) is 2.34. The topological polar surface area (TPSA) is 46.1 Å². The van der Waals surface area contributed by atoms with Gasteiger partial charge in [-0.3, -0.25) is 4.79 Å². The fourth-order valence-corrected chi connectivity index (χ4v) is 2.34. The van der Waals surface area contributed by atoms with Crippen molar-refractivity contribution in [2.75, 3.05) is 7.05 Å². The van der Waals surface area contributed by atoms with Crippen molar-refractivity contribution in [1.29, 1.82) is 0 Å². The summed E-state index contributed by atoms with van der Waals surface area (Å²) >= 11 is 0. The largest absolute Gasteiger partial charge is 0.359 e. The number of nitrogens with one attached hydrogen (secondary N) is 2. The average Bonchev–Trinajstić information content (AvgIpc) is 2.85. The summed E-state index contributed by atoms with van der Waals surface area (Å²) in [5.74, 6) is 0.0717. The van der Waals surface area contributed by atoms with Crippen LogP contribution in [0.2, 0.25) is 0 Å². The van der Waals surface area contributed by atoms with Crippen LogP contribution in [0.4, 0.5) is 0 Å². The van der Waals surface area contributed by atoms with Gasteiger partial charge in [0.1, 0.15) is 0 Å². The predicted molar refractivity (Wildman–Crippen MR) is 87.2 cm³/mol. The van der Waals surface area contributed by atoms with Gasteiger partial charge < -0.3 is 15.2 Å². The quantitative estimate of drug-likeness (QED) is 0.888. The van der Waals surface area contributed by atoms with Gasteiger partial charge in [0.2, 0.25) is 5.91 Å². The highest BCUT2D eigenvalue weighted by Crippen LogP contribution is 2.21. The Morgan fingerprint density at radius 1 is 1.24 bits per heavy atom. The number of amides is 1. The highest BCUT2D eigenvalue weighted by Gasteiger charge is 2.11. The van der Waals surface area contributed by atoms with Gasteiger partial charge in [-0.15, -0.1) is 0 Å². The van der Waals surface area contributed by atoms with Crippen LogP contribution in [-0.4, -0.2) is 23.1 Å². The van der Waals surface area contributed by atoms with Gasteiger partial charge >= 0.3 is 0 Å². The molecule has 0 aliphatic carbocycles. The molecule has 0 aliphatic rings. The molecule has 0 spiro atoms. The first kappa shape index (κ1) is 15.6. The lowest BCUT2D eigenvalue weighted by molar-refractivity contribution is -0.120. The molecule has 1 aromatic heterocycles. The summed E-state index contributed by atoms with van der Waals surface area (Å²) in [6, 6.07) is 8.49. The van der Waals surface area contributed by atoms with Crippen LogP contribution >= 0.6 is 0 Å². The van der Waals surface area contributed by atoms with Crippen LogP contribution in [0.3, 0.4) is 0 Å². The van der Waals surface area contributed by atoms with E-state index in [1.54, 1.807) is 7.05 Å². The van der Waals surface area contributed by atoms with E-state index < -0.39 is 0 Å². The van der Waals surface area contributed by atoms with E-state index in [2.05, 4.69) is 66.4 Å². The van der Waals surface area contributed by atoms with Crippen molar-refractivity contribution >= 4 is 16.8 Å². The molecule has 0 atom stereocenters. The van der Waals surface area contributed by atoms with E-state index in [1.165, 1.54) is 16.5 Å². The van der Waals surface area contributed by atoms with E-state index >= 15 is 0 Å². The summed E-state index contributed by atoms with van der Waals surface area (Å²) in [5, 5.41) is 7.44. The van der Waals surface area contributed by atoms with E-state index in [1.807, 2.05) is 0 Å². The molecule has 4 heteroatoms. The van der Waals surface area contributed by atoms with E-state index in [0.29, 0.717) is 13.0 Å². The molecule has 2 N–H and O–H groups in total. The molecule has 0 unspecified atom stereocenters. The molecule has 0 fully saturated rings. The Labute approximate surface area is 126 Å². The Morgan fingerprint density at radius 2 is 2.00 bits per heavy atom. The molecule has 1 aromatic carbocycles. The van der Waals surface area contributed by atoms with Gasteiger partial charge in [-0.1, -0.05) is 12.1 Å². The van der Waals surface area contributed by atoms with Crippen molar-refractivity contribution in [3.63, 3.8) is 0 Å². The molecule has 1 heterocycles. The molecule has 2 aromatic rings. The summed E-state index contributed by atoms with van der Waals surface area (Å²) in [6.45, 7) is 8.06. The minimum atomic E-state index is 0.0717. The number of hydrogen-bond acceptors (Lipinski definition) is 2. The number of hydrogen-bond donors (Lipinski definition) is 2. The Balaban J connectivity index is 2.18. The van der Waals surface area contributed by atoms with E-state index in [0.717, 1.165) is 6.54 Å². The second-order valence-corrected chi connectivity index (χ2v) is 6.39. The second-order valence-electron chi connectivity index (χ2n) is 6.39. The highest BCUT2D eigenvalue weighted by molar-refractivity contribution is 5.84. The van der Waals surface area contributed by atoms with Crippen molar-refractivity contribution in [2.45, 2.75) is 45.8 Å². The van der Waals surface area contributed by atoms with Gasteiger partial charge in [-0.05, 0) is 38.5 Å². The first-order valence-corrected chi connectivity index (χ1v) is 7.43. The SMILES string of the molecule is CNC(=O)CCn1ccc2c(CNC(C)(C)C)cccc21. The van der Waals surface area contributed by atoms with E-state index in [4.69, 9.17) is 0 Å². The van der Waals surface area contributed by atoms with Gasteiger partial charge in [0.25, 0.3) is 0 Å². The van der Waals surface area contributed by atoms with Gasteiger partial charge in [0.15, 0.2) is 0 Å². The Bertz CT molecular complexity index is 622. The second kappa shape index (κ2) is 6.31. The van der Waals surface area contributed by atoms with E-state index in [9.17, 15) is 4.79 Å². The normalized spacial score (nSPS) is 11.8. The minimum absolute atomic E-state index is 0.0717. The van der Waals surface area contributed by atoms with Gasteiger partial charge in [-0.25, -0.2) is 0 Å². The third-order valence-electron chi connectivity index (χ3n) is 3.57. The molecule has 1 amide bonds. The number of aromatic nitrogens is 1. The van der Waals surface area contributed by atoms with Crippen molar-refractivity contribution in [3.8, 4) is 0 Å². The summed E-state index contributed by atoms with van der Waals surface area (Å²) in [5.41, 5.74) is 2.58. The van der Waals surface area contributed by atoms with Crippen LogP contribution in [-0.2, 0) is 17.9 Å². The summed E-state index contributed by atoms with van der Waals surface area (Å²) < 4.78 is 2.14. The van der Waals surface area contributed by atoms with E-state index in [-0.39, 0.29) is 11.4 Å². The molecule has 0 bridgehead atoms. The molecule has 114 valence electrons. The van der Waals surface area contributed by atoms with Crippen molar-refractivity contribution < 1.29 is 4.79 Å². The third kappa shape index (κ3) is 4.08. The third-order valence-corrected chi connectivity index (χ3v) is 3.57. The van der Waals surface area contributed by atoms with Gasteiger partial charge in [0, 0.05) is 49.2 Å². The molecule has 21 heavy (non-hydrogen) atoms. The lowest BCUT2D eigenvalue weighted by Gasteiger charge is -2.21. The zero-order valence-electron chi connectivity index (χ0n) is 13.4. The Morgan fingerprint density at radius 3 is 2.67 bits per heavy atom. The van der Waals surface area contributed by atoms with Gasteiger partial charge in [0.05, 0.1) is 0 Å². The fraction of sp³-hybridized carbons (Fsp3) is 0.471. The molecular weight excluding hydrogens is 262 g/mol. The molecule has 0 aliphatic heterocycles. The smallest absolute Gasteiger partial charge is 0.221 e. The maximum atomic E-state index is 11.4. The monoisotopic (exact) mass is 287 g/mol. The van der Waals surface area contributed by atoms with Crippen LogP contribution in [0.1, 0.15) is 32.8 Å². The summed E-state index contributed by atoms with van der Waals surface area (Å²) in [7, 11) is 1.67. The van der Waals surface area contributed by atoms with Crippen LogP contribution in [0, 0.1) is 0 Å². The lowest BCUT2D eigenvalue weighted by atomic mass is 10.1. The number of carbonyl (C=O) groups is 1. The molecule has 2 rings (SSSR count). The van der Waals surface area contributed by atoms with Crippen molar-refractivity contribution in [3.05, 3.63) is 36.0 Å². The van der Waals surface area contributed by atoms with Crippen LogP contribution in [0.25, 0.3) is 10.9 Å². The van der Waals surface area contributed by atoms with Crippen LogP contribution in [0.5, 0.6) is 0 Å². The average molecular weight is 287 g/mol. The summed E-state index contributed by atoms with van der Waals surface area (Å²) in [4.78, 5) is 11.4. The Kier molecular flexibility index (Phi) is 4.68. The zero-order valence-corrected chi connectivity index (χ0v) is 13.4. The molecule has 0 saturated heterocycles. The number of aryl methyl sites for hydroxylation is 1. The van der Waals surface area contributed by atoms with Gasteiger partial charge in [-0.2, -0.15) is 0 Å². The number of benzene rings is 1. The standard InChI is InChI=1S/C17H25N3O/c1-17(2,3)19-12-13-6-5-7-15-14(13)8-10-20(15)11-9-16(21)18-4/h5-8,10,19H,9,11-12H2,1-4H3,(H,18,21). The first-order valence-electron chi connectivity index (χ1n) is 7.43. The number of fused-ring (bicyclic) bond motifs is 1. The molecule has 0 saturated carbocycles. The van der Waals surface area contributed by atoms with Crippen molar-refractivity contribution in [2.24, 2.45) is 0 Å². The number of nitrogens with zero attached hydrogens (tertiary/aromatic N) is 1. The number of rotatable bonds is 5. The zero-order chi connectivity index (χ0) is 15.5. The maximum absolute atomic E-state index is 11.4. The lowest BCUT2D eigenvalue weighted by Crippen LogP contribution is -2.35.